The summed E-state index contributed by atoms with van der Waals surface area (Å²) in [6, 6.07) is 5.09. The van der Waals surface area contributed by atoms with Crippen molar-refractivity contribution in [1.82, 2.24) is 15.3 Å². The minimum Gasteiger partial charge on any atom is -0.365 e. The van der Waals surface area contributed by atoms with Crippen LogP contribution in [-0.2, 0) is 11.2 Å². The molecular formula is C26H32FN5O. The van der Waals surface area contributed by atoms with E-state index in [1.165, 1.54) is 11.6 Å². The second kappa shape index (κ2) is 9.33. The highest BCUT2D eigenvalue weighted by Crippen LogP contribution is 2.36. The molecule has 1 saturated heterocycles. The van der Waals surface area contributed by atoms with E-state index in [-0.39, 0.29) is 17.8 Å². The van der Waals surface area contributed by atoms with E-state index in [1.807, 2.05) is 17.9 Å². The van der Waals surface area contributed by atoms with Crippen LogP contribution in [0.15, 0.2) is 48.6 Å². The molecule has 1 aliphatic carbocycles. The molecule has 2 N–H and O–H groups in total. The molecule has 174 valence electrons. The van der Waals surface area contributed by atoms with E-state index >= 15 is 0 Å². The highest BCUT2D eigenvalue weighted by Gasteiger charge is 2.33. The lowest BCUT2D eigenvalue weighted by Gasteiger charge is -2.38. The molecule has 1 aliphatic heterocycles. The normalized spacial score (nSPS) is 16.5. The lowest BCUT2D eigenvalue weighted by atomic mass is 9.92. The van der Waals surface area contributed by atoms with Crippen LogP contribution in [0.25, 0.3) is 5.57 Å². The maximum Gasteiger partial charge on any atom is 0.225 e. The van der Waals surface area contributed by atoms with Crippen LogP contribution in [0, 0.1) is 17.7 Å². The largest absolute Gasteiger partial charge is 0.365 e. The topological polar surface area (TPSA) is 70.2 Å². The van der Waals surface area contributed by atoms with E-state index in [0.29, 0.717) is 43.0 Å². The van der Waals surface area contributed by atoms with Gasteiger partial charge in [0.05, 0.1) is 35.9 Å². The number of fused-ring (bicyclic) bond motifs is 1. The van der Waals surface area contributed by atoms with Crippen molar-refractivity contribution in [2.75, 3.05) is 23.3 Å². The fourth-order valence-corrected chi connectivity index (χ4v) is 4.64. The number of nitrogens with zero attached hydrogens (tertiary/aromatic N) is 3. The van der Waals surface area contributed by atoms with Gasteiger partial charge in [0.1, 0.15) is 11.6 Å². The molecule has 0 bridgehead atoms. The summed E-state index contributed by atoms with van der Waals surface area (Å²) >= 11 is 0. The minimum absolute atomic E-state index is 0.0646. The number of ketones is 1. The van der Waals surface area contributed by atoms with Crippen LogP contribution in [0.5, 0.6) is 0 Å². The lowest BCUT2D eigenvalue weighted by molar-refractivity contribution is -0.123. The van der Waals surface area contributed by atoms with E-state index in [4.69, 9.17) is 0 Å². The molecule has 33 heavy (non-hydrogen) atoms. The number of carbonyl (C=O) groups excluding carboxylic acids is 1. The van der Waals surface area contributed by atoms with Gasteiger partial charge in [-0.25, -0.2) is 14.4 Å². The standard InChI is InChI=1S/C26H32FN5O/c1-6-24(33)19-13-32(14-19)26-28-11-21(12-29-26)30-17(5)31-25(15(2)3)23-9-18-7-8-20(27)10-22(18)16(23)4/h7-8,10-12,15,19,25,30-31H,5-6,9,13-14H2,1-4H3. The van der Waals surface area contributed by atoms with Crippen molar-refractivity contribution in [3.63, 3.8) is 0 Å². The molecule has 0 radical (unpaired) electrons. The van der Waals surface area contributed by atoms with Gasteiger partial charge >= 0.3 is 0 Å². The Labute approximate surface area is 195 Å². The number of halogens is 1. The molecule has 7 heteroatoms. The Hall–Kier alpha value is -3.22. The molecule has 4 rings (SSSR count). The number of rotatable bonds is 9. The maximum absolute atomic E-state index is 13.8. The quantitative estimate of drug-likeness (QED) is 0.585. The van der Waals surface area contributed by atoms with Crippen molar-refractivity contribution in [3.8, 4) is 0 Å². The molecule has 1 aromatic heterocycles. The molecule has 1 atom stereocenters. The zero-order chi connectivity index (χ0) is 23.7. The molecule has 0 amide bonds. The van der Waals surface area contributed by atoms with Gasteiger partial charge in [-0.05, 0) is 53.7 Å². The number of anilines is 2. The first-order valence-electron chi connectivity index (χ1n) is 11.6. The fraction of sp³-hybridized carbons (Fsp3) is 0.423. The van der Waals surface area contributed by atoms with Gasteiger partial charge in [-0.3, -0.25) is 4.79 Å². The number of aromatic nitrogens is 2. The van der Waals surface area contributed by atoms with Gasteiger partial charge in [0, 0.05) is 19.5 Å². The smallest absolute Gasteiger partial charge is 0.225 e. The second-order valence-electron chi connectivity index (χ2n) is 9.29. The van der Waals surface area contributed by atoms with Crippen molar-refractivity contribution in [2.24, 2.45) is 11.8 Å². The number of allylic oxidation sites excluding steroid dienone is 1. The lowest BCUT2D eigenvalue weighted by Crippen LogP contribution is -2.51. The molecule has 0 spiro atoms. The SMILES string of the molecule is C=C(Nc1cnc(N2CC(C(=O)CC)C2)nc1)NC(C1=C(C)c2cc(F)ccc2C1)C(C)C. The molecular weight excluding hydrogens is 417 g/mol. The van der Waals surface area contributed by atoms with Crippen LogP contribution >= 0.6 is 0 Å². The van der Waals surface area contributed by atoms with Crippen molar-refractivity contribution in [1.29, 1.82) is 0 Å². The fourth-order valence-electron chi connectivity index (χ4n) is 4.64. The number of benzene rings is 1. The highest BCUT2D eigenvalue weighted by atomic mass is 19.1. The molecule has 2 heterocycles. The molecule has 6 nitrogen and oxygen atoms in total. The van der Waals surface area contributed by atoms with Gasteiger partial charge in [-0.2, -0.15) is 0 Å². The van der Waals surface area contributed by atoms with E-state index in [0.717, 1.165) is 28.8 Å². The second-order valence-corrected chi connectivity index (χ2v) is 9.29. The van der Waals surface area contributed by atoms with Crippen LogP contribution in [-0.4, -0.2) is 34.9 Å². The first-order chi connectivity index (χ1) is 15.8. The molecule has 2 aliphatic rings. The van der Waals surface area contributed by atoms with Crippen LogP contribution in [0.2, 0.25) is 0 Å². The summed E-state index contributed by atoms with van der Waals surface area (Å²) in [6.07, 6.45) is 4.84. The summed E-state index contributed by atoms with van der Waals surface area (Å²) in [5.41, 5.74) is 5.28. The number of hydrogen-bond donors (Lipinski definition) is 2. The first kappa shape index (κ1) is 23.0. The predicted molar refractivity (Wildman–Crippen MR) is 130 cm³/mol. The summed E-state index contributed by atoms with van der Waals surface area (Å²) in [4.78, 5) is 22.7. The van der Waals surface area contributed by atoms with E-state index in [2.05, 4.69) is 48.0 Å². The number of nitrogens with one attached hydrogen (secondary N) is 2. The van der Waals surface area contributed by atoms with Gasteiger partial charge < -0.3 is 15.5 Å². The van der Waals surface area contributed by atoms with Gasteiger partial charge in [0.15, 0.2) is 0 Å². The molecule has 0 saturated carbocycles. The Morgan fingerprint density at radius 2 is 1.97 bits per heavy atom. The third-order valence-electron chi connectivity index (χ3n) is 6.61. The van der Waals surface area contributed by atoms with Crippen molar-refractivity contribution in [2.45, 2.75) is 46.6 Å². The Morgan fingerprint density at radius 3 is 2.61 bits per heavy atom. The van der Waals surface area contributed by atoms with Crippen molar-refractivity contribution in [3.05, 3.63) is 65.5 Å². The van der Waals surface area contributed by atoms with Gasteiger partial charge in [-0.15, -0.1) is 0 Å². The Bertz CT molecular complexity index is 1090. The number of hydrogen-bond acceptors (Lipinski definition) is 6. The minimum atomic E-state index is -0.205. The average Bonchev–Trinajstić information content (AvgIpc) is 3.07. The monoisotopic (exact) mass is 449 g/mol. The summed E-state index contributed by atoms with van der Waals surface area (Å²) < 4.78 is 13.8. The van der Waals surface area contributed by atoms with Crippen LogP contribution in [0.3, 0.4) is 0 Å². The van der Waals surface area contributed by atoms with Crippen molar-refractivity contribution >= 4 is 23.0 Å². The predicted octanol–water partition coefficient (Wildman–Crippen LogP) is 4.56. The Balaban J connectivity index is 1.38. The zero-order valence-electron chi connectivity index (χ0n) is 19.8. The highest BCUT2D eigenvalue weighted by molar-refractivity contribution is 5.83. The summed E-state index contributed by atoms with van der Waals surface area (Å²) in [7, 11) is 0. The molecule has 1 unspecified atom stereocenters. The Morgan fingerprint density at radius 1 is 1.27 bits per heavy atom. The van der Waals surface area contributed by atoms with E-state index in [1.54, 1.807) is 18.5 Å². The first-order valence-corrected chi connectivity index (χ1v) is 11.6. The molecule has 2 aromatic rings. The van der Waals surface area contributed by atoms with E-state index in [9.17, 15) is 9.18 Å². The van der Waals surface area contributed by atoms with Crippen LogP contribution in [0.1, 0.15) is 45.2 Å². The summed E-state index contributed by atoms with van der Waals surface area (Å²) in [6.45, 7) is 13.8. The van der Waals surface area contributed by atoms with E-state index < -0.39 is 0 Å². The van der Waals surface area contributed by atoms with Gasteiger partial charge in [0.2, 0.25) is 5.95 Å². The molecule has 1 fully saturated rings. The zero-order valence-corrected chi connectivity index (χ0v) is 19.8. The van der Waals surface area contributed by atoms with Crippen LogP contribution in [0.4, 0.5) is 16.0 Å². The third kappa shape index (κ3) is 4.77. The average molecular weight is 450 g/mol. The van der Waals surface area contributed by atoms with Gasteiger partial charge in [-0.1, -0.05) is 33.4 Å². The van der Waals surface area contributed by atoms with Crippen LogP contribution < -0.4 is 15.5 Å². The summed E-state index contributed by atoms with van der Waals surface area (Å²) in [5.74, 6) is 1.80. The third-order valence-corrected chi connectivity index (χ3v) is 6.61. The summed E-state index contributed by atoms with van der Waals surface area (Å²) in [5, 5.41) is 6.76. The Kier molecular flexibility index (Phi) is 6.49. The number of Topliss-reactive ketones (excluding diaryl/α,β-unsaturated/α-hetero) is 1. The maximum atomic E-state index is 13.8. The van der Waals surface area contributed by atoms with Gasteiger partial charge in [0.25, 0.3) is 0 Å². The molecule has 1 aromatic carbocycles. The number of carbonyl (C=O) groups is 1. The van der Waals surface area contributed by atoms with Crippen molar-refractivity contribution < 1.29 is 9.18 Å².